The molecule has 0 rings (SSSR count). The first-order valence-corrected chi connectivity index (χ1v) is 44.2. The number of ether oxygens (including phenoxy) is 4. The summed E-state index contributed by atoms with van der Waals surface area (Å²) in [5.41, 5.74) is 0. The van der Waals surface area contributed by atoms with Gasteiger partial charge in [-0.05, 0) is 49.4 Å². The lowest BCUT2D eigenvalue weighted by Gasteiger charge is -2.21. The van der Waals surface area contributed by atoms with Crippen molar-refractivity contribution in [1.29, 1.82) is 0 Å². The molecule has 588 valence electrons. The second kappa shape index (κ2) is 69.1. The zero-order chi connectivity index (χ0) is 73.1. The van der Waals surface area contributed by atoms with Gasteiger partial charge in [0, 0.05) is 25.7 Å². The first-order chi connectivity index (χ1) is 47.6. The molecule has 0 aliphatic carbocycles. The molecular weight excluding hydrogens is 1290 g/mol. The molecule has 0 aliphatic heterocycles. The second-order valence-electron chi connectivity index (χ2n) is 30.5. The van der Waals surface area contributed by atoms with Crippen LogP contribution >= 0.6 is 15.6 Å². The van der Waals surface area contributed by atoms with E-state index in [4.69, 9.17) is 37.0 Å². The molecule has 0 aromatic carbocycles. The summed E-state index contributed by atoms with van der Waals surface area (Å²) in [5, 5.41) is 10.6. The molecule has 17 nitrogen and oxygen atoms in total. The largest absolute Gasteiger partial charge is 0.472 e. The number of rotatable bonds is 77. The van der Waals surface area contributed by atoms with Crippen LogP contribution in [-0.4, -0.2) is 96.7 Å². The lowest BCUT2D eigenvalue weighted by atomic mass is 9.99. The van der Waals surface area contributed by atoms with Gasteiger partial charge in [0.05, 0.1) is 26.4 Å². The molecule has 0 radical (unpaired) electrons. The van der Waals surface area contributed by atoms with Gasteiger partial charge in [-0.2, -0.15) is 0 Å². The standard InChI is InChI=1S/C80H156O17P2/c1-9-73(8)59-51-43-34-28-22-15-11-13-17-24-30-36-46-54-62-80(85)97-76(67-91-78(83)61-53-45-39-38-42-50-58-72(6)7)69-95-99(88,89)93-65-74(81)64-92-98(86,87)94-68-75(96-79(84)63-55-47-37-31-25-19-18-21-27-33-41-49-57-71(4)5)66-90-77(82)60-52-44-35-29-23-16-12-10-14-20-26-32-40-48-56-70(2)3/h70-76,81H,9-69H2,1-8H3,(H,86,87)(H,88,89)/t73?,74-,75-,76-/m1/s1. The molecule has 0 aromatic rings. The van der Waals surface area contributed by atoms with Crippen LogP contribution in [0.4, 0.5) is 0 Å². The van der Waals surface area contributed by atoms with Gasteiger partial charge in [0.25, 0.3) is 0 Å². The van der Waals surface area contributed by atoms with Crippen LogP contribution in [0.5, 0.6) is 0 Å². The van der Waals surface area contributed by atoms with E-state index in [0.29, 0.717) is 31.6 Å². The summed E-state index contributed by atoms with van der Waals surface area (Å²) in [4.78, 5) is 73.0. The third-order valence-electron chi connectivity index (χ3n) is 18.9. The van der Waals surface area contributed by atoms with Gasteiger partial charge in [-0.3, -0.25) is 37.3 Å². The van der Waals surface area contributed by atoms with Crippen molar-refractivity contribution in [2.75, 3.05) is 39.6 Å². The molecule has 0 aromatic heterocycles. The highest BCUT2D eigenvalue weighted by atomic mass is 31.2. The van der Waals surface area contributed by atoms with Gasteiger partial charge < -0.3 is 33.8 Å². The van der Waals surface area contributed by atoms with E-state index in [2.05, 4.69) is 55.4 Å². The van der Waals surface area contributed by atoms with Gasteiger partial charge >= 0.3 is 39.5 Å². The Labute approximate surface area is 607 Å². The van der Waals surface area contributed by atoms with Crippen LogP contribution in [0.25, 0.3) is 0 Å². The Morgan fingerprint density at radius 3 is 0.717 bits per heavy atom. The number of carbonyl (C=O) groups excluding carboxylic acids is 4. The van der Waals surface area contributed by atoms with Crippen LogP contribution in [0, 0.1) is 23.7 Å². The maximum Gasteiger partial charge on any atom is 0.472 e. The minimum Gasteiger partial charge on any atom is -0.462 e. The van der Waals surface area contributed by atoms with E-state index in [1.165, 1.54) is 205 Å². The molecule has 0 saturated heterocycles. The fourth-order valence-corrected chi connectivity index (χ4v) is 13.8. The molecular formula is C80H156O17P2. The summed E-state index contributed by atoms with van der Waals surface area (Å²) in [5.74, 6) is 0.984. The van der Waals surface area contributed by atoms with Crippen molar-refractivity contribution in [3.05, 3.63) is 0 Å². The highest BCUT2D eigenvalue weighted by Crippen LogP contribution is 2.45. The molecule has 0 amide bonds. The molecule has 3 unspecified atom stereocenters. The fourth-order valence-electron chi connectivity index (χ4n) is 12.2. The number of aliphatic hydroxyl groups is 1. The van der Waals surface area contributed by atoms with E-state index in [0.717, 1.165) is 114 Å². The molecule has 99 heavy (non-hydrogen) atoms. The van der Waals surface area contributed by atoms with Crippen LogP contribution in [0.1, 0.15) is 409 Å². The Balaban J connectivity index is 5.22. The van der Waals surface area contributed by atoms with E-state index in [-0.39, 0.29) is 25.7 Å². The average Bonchev–Trinajstić information content (AvgIpc) is 1.04. The summed E-state index contributed by atoms with van der Waals surface area (Å²) in [6.07, 6.45) is 55.6. The number of phosphoric acid groups is 2. The number of unbranched alkanes of at least 4 members (excludes halogenated alkanes) is 42. The Morgan fingerprint density at radius 1 is 0.283 bits per heavy atom. The van der Waals surface area contributed by atoms with E-state index < -0.39 is 97.5 Å². The van der Waals surface area contributed by atoms with Gasteiger partial charge in [-0.25, -0.2) is 9.13 Å². The van der Waals surface area contributed by atoms with Crippen LogP contribution in [-0.2, 0) is 65.4 Å². The minimum absolute atomic E-state index is 0.106. The zero-order valence-corrected chi connectivity index (χ0v) is 66.9. The second-order valence-corrected chi connectivity index (χ2v) is 33.4. The van der Waals surface area contributed by atoms with Gasteiger partial charge in [0.15, 0.2) is 12.2 Å². The highest BCUT2D eigenvalue weighted by Gasteiger charge is 2.30. The zero-order valence-electron chi connectivity index (χ0n) is 65.1. The summed E-state index contributed by atoms with van der Waals surface area (Å²) in [6, 6.07) is 0. The van der Waals surface area contributed by atoms with Crippen molar-refractivity contribution < 1.29 is 80.2 Å². The van der Waals surface area contributed by atoms with Crippen LogP contribution in [0.3, 0.4) is 0 Å². The predicted molar refractivity (Wildman–Crippen MR) is 404 cm³/mol. The Kier molecular flexibility index (Phi) is 67.8. The van der Waals surface area contributed by atoms with Gasteiger partial charge in [0.2, 0.25) is 0 Å². The number of hydrogen-bond donors (Lipinski definition) is 3. The third kappa shape index (κ3) is 72.8. The van der Waals surface area contributed by atoms with Crippen molar-refractivity contribution in [2.24, 2.45) is 23.7 Å². The first-order valence-electron chi connectivity index (χ1n) is 41.2. The normalized spacial score (nSPS) is 14.3. The summed E-state index contributed by atoms with van der Waals surface area (Å²) in [6.45, 7) is 14.2. The van der Waals surface area contributed by atoms with Crippen molar-refractivity contribution in [3.8, 4) is 0 Å². The Morgan fingerprint density at radius 2 is 0.485 bits per heavy atom. The number of aliphatic hydroxyl groups excluding tert-OH is 1. The summed E-state index contributed by atoms with van der Waals surface area (Å²) < 4.78 is 68.7. The van der Waals surface area contributed by atoms with Crippen LogP contribution in [0.2, 0.25) is 0 Å². The van der Waals surface area contributed by atoms with Crippen molar-refractivity contribution in [2.45, 2.75) is 427 Å². The van der Waals surface area contributed by atoms with E-state index in [1.807, 2.05) is 0 Å². The minimum atomic E-state index is -4.96. The molecule has 6 atom stereocenters. The Hall–Kier alpha value is -1.94. The fraction of sp³-hybridized carbons (Fsp3) is 0.950. The molecule has 0 heterocycles. The van der Waals surface area contributed by atoms with E-state index >= 15 is 0 Å². The molecule has 0 bridgehead atoms. The summed E-state index contributed by atoms with van der Waals surface area (Å²) in [7, 11) is -9.92. The Bertz CT molecular complexity index is 1940. The third-order valence-corrected chi connectivity index (χ3v) is 20.8. The monoisotopic (exact) mass is 1450 g/mol. The topological polar surface area (TPSA) is 237 Å². The predicted octanol–water partition coefficient (Wildman–Crippen LogP) is 23.6. The highest BCUT2D eigenvalue weighted by molar-refractivity contribution is 7.47. The number of phosphoric ester groups is 2. The quantitative estimate of drug-likeness (QED) is 0.0222. The van der Waals surface area contributed by atoms with Crippen molar-refractivity contribution >= 4 is 39.5 Å². The SMILES string of the molecule is CCC(C)CCCCCCCCCCCCCCCCC(=O)O[C@H](COC(=O)CCCCCCCCC(C)C)COP(=O)(O)OC[C@H](O)COP(=O)(O)OC[C@@H](COC(=O)CCCCCCCCCCCCCCCCC(C)C)OC(=O)CCCCCCCCCCCCCCC(C)C. The van der Waals surface area contributed by atoms with E-state index in [1.54, 1.807) is 0 Å². The first kappa shape index (κ1) is 97.1. The average molecular weight is 1450 g/mol. The molecule has 0 fully saturated rings. The molecule has 0 spiro atoms. The lowest BCUT2D eigenvalue weighted by molar-refractivity contribution is -0.161. The van der Waals surface area contributed by atoms with Crippen molar-refractivity contribution in [1.82, 2.24) is 0 Å². The molecule has 0 aliphatic rings. The number of hydrogen-bond acceptors (Lipinski definition) is 15. The molecule has 19 heteroatoms. The summed E-state index contributed by atoms with van der Waals surface area (Å²) >= 11 is 0. The number of esters is 4. The maximum atomic E-state index is 13.1. The van der Waals surface area contributed by atoms with Gasteiger partial charge in [-0.15, -0.1) is 0 Å². The van der Waals surface area contributed by atoms with Crippen LogP contribution < -0.4 is 0 Å². The maximum absolute atomic E-state index is 13.1. The van der Waals surface area contributed by atoms with E-state index in [9.17, 15) is 43.2 Å². The molecule has 0 saturated carbocycles. The molecule has 3 N–H and O–H groups in total. The van der Waals surface area contributed by atoms with Crippen molar-refractivity contribution in [3.63, 3.8) is 0 Å². The lowest BCUT2D eigenvalue weighted by Crippen LogP contribution is -2.30. The smallest absolute Gasteiger partial charge is 0.462 e. The number of carbonyl (C=O) groups is 4. The van der Waals surface area contributed by atoms with Gasteiger partial charge in [0.1, 0.15) is 19.3 Å². The van der Waals surface area contributed by atoms with Gasteiger partial charge in [-0.1, -0.05) is 357 Å². The van der Waals surface area contributed by atoms with Crippen LogP contribution in [0.15, 0.2) is 0 Å².